The van der Waals surface area contributed by atoms with Crippen LogP contribution in [0.25, 0.3) is 0 Å². The van der Waals surface area contributed by atoms with Crippen LogP contribution >= 0.6 is 11.6 Å². The zero-order valence-electron chi connectivity index (χ0n) is 5.47. The summed E-state index contributed by atoms with van der Waals surface area (Å²) in [4.78, 5) is 0. The Labute approximate surface area is 65.8 Å². The molecule has 0 bridgehead atoms. The summed E-state index contributed by atoms with van der Waals surface area (Å²) < 4.78 is 0. The van der Waals surface area contributed by atoms with Crippen LogP contribution in [0.5, 0.6) is 0 Å². The molecular formula is C9H7Cl. The summed E-state index contributed by atoms with van der Waals surface area (Å²) in [6.07, 6.45) is 5.16. The molecule has 1 aromatic rings. The van der Waals surface area contributed by atoms with Gasteiger partial charge >= 0.3 is 0 Å². The molecule has 0 nitrogen and oxygen atoms in total. The summed E-state index contributed by atoms with van der Waals surface area (Å²) in [6, 6.07) is 7.64. The van der Waals surface area contributed by atoms with Crippen molar-refractivity contribution >= 4 is 11.6 Å². The fraction of sp³-hybridized carbons (Fsp3) is 0.111. The van der Waals surface area contributed by atoms with E-state index in [0.29, 0.717) is 5.88 Å². The molecule has 0 radical (unpaired) electrons. The zero-order valence-corrected chi connectivity index (χ0v) is 6.23. The Morgan fingerprint density at radius 2 is 1.90 bits per heavy atom. The van der Waals surface area contributed by atoms with Crippen molar-refractivity contribution in [2.24, 2.45) is 0 Å². The predicted octanol–water partition coefficient (Wildman–Crippen LogP) is 2.41. The second-order valence-electron chi connectivity index (χ2n) is 1.97. The number of alkyl halides is 1. The van der Waals surface area contributed by atoms with Crippen molar-refractivity contribution in [2.75, 3.05) is 0 Å². The first kappa shape index (κ1) is 7.18. The van der Waals surface area contributed by atoms with E-state index in [-0.39, 0.29) is 0 Å². The van der Waals surface area contributed by atoms with Crippen LogP contribution in [0, 0.1) is 12.3 Å². The maximum absolute atomic E-state index is 5.57. The Morgan fingerprint density at radius 1 is 1.30 bits per heavy atom. The molecule has 0 aliphatic rings. The van der Waals surface area contributed by atoms with Crippen molar-refractivity contribution in [2.45, 2.75) is 5.88 Å². The van der Waals surface area contributed by atoms with Gasteiger partial charge in [-0.05, 0) is 17.7 Å². The predicted molar refractivity (Wildman–Crippen MR) is 43.9 cm³/mol. The molecule has 0 spiro atoms. The lowest BCUT2D eigenvalue weighted by atomic mass is 10.2. The normalized spacial score (nSPS) is 8.80. The van der Waals surface area contributed by atoms with Crippen LogP contribution in [0.3, 0.4) is 0 Å². The molecule has 0 heterocycles. The molecule has 1 aromatic carbocycles. The average Bonchev–Trinajstić information content (AvgIpc) is 2.05. The van der Waals surface area contributed by atoms with Crippen molar-refractivity contribution in [1.82, 2.24) is 0 Å². The molecular weight excluding hydrogens is 144 g/mol. The zero-order chi connectivity index (χ0) is 7.40. The summed E-state index contributed by atoms with van der Waals surface area (Å²) in [7, 11) is 0. The molecule has 1 rings (SSSR count). The number of halogens is 1. The van der Waals surface area contributed by atoms with E-state index < -0.39 is 0 Å². The maximum atomic E-state index is 5.57. The van der Waals surface area contributed by atoms with Crippen molar-refractivity contribution in [1.29, 1.82) is 0 Å². The third-order valence-electron chi connectivity index (χ3n) is 1.27. The summed E-state index contributed by atoms with van der Waals surface area (Å²) in [5, 5.41) is 0. The minimum absolute atomic E-state index is 0.546. The van der Waals surface area contributed by atoms with Crippen LogP contribution in [0.15, 0.2) is 24.3 Å². The largest absolute Gasteiger partial charge is 0.122 e. The highest BCUT2D eigenvalue weighted by molar-refractivity contribution is 6.17. The van der Waals surface area contributed by atoms with E-state index in [1.54, 1.807) is 0 Å². The quantitative estimate of drug-likeness (QED) is 0.426. The van der Waals surface area contributed by atoms with Crippen molar-refractivity contribution in [3.05, 3.63) is 35.4 Å². The highest BCUT2D eigenvalue weighted by Crippen LogP contribution is 2.05. The molecule has 50 valence electrons. The number of hydrogen-bond acceptors (Lipinski definition) is 0. The average molecular weight is 151 g/mol. The first-order valence-corrected chi connectivity index (χ1v) is 3.52. The topological polar surface area (TPSA) is 0 Å². The minimum Gasteiger partial charge on any atom is -0.122 e. The number of hydrogen-bond donors (Lipinski definition) is 0. The summed E-state index contributed by atoms with van der Waals surface area (Å²) in [6.45, 7) is 0. The molecule has 0 atom stereocenters. The van der Waals surface area contributed by atoms with E-state index in [0.717, 1.165) is 11.1 Å². The van der Waals surface area contributed by atoms with Gasteiger partial charge in [-0.2, -0.15) is 0 Å². The van der Waals surface area contributed by atoms with Crippen LogP contribution in [-0.4, -0.2) is 0 Å². The van der Waals surface area contributed by atoms with Gasteiger partial charge in [0.1, 0.15) is 0 Å². The Kier molecular flexibility index (Phi) is 2.36. The van der Waals surface area contributed by atoms with Gasteiger partial charge in [0.15, 0.2) is 0 Å². The smallest absolute Gasteiger partial charge is 0.0474 e. The van der Waals surface area contributed by atoms with Crippen LogP contribution < -0.4 is 0 Å². The van der Waals surface area contributed by atoms with Crippen molar-refractivity contribution in [3.8, 4) is 12.3 Å². The molecule has 0 saturated carbocycles. The lowest BCUT2D eigenvalue weighted by Crippen LogP contribution is -1.77. The first-order valence-electron chi connectivity index (χ1n) is 2.98. The second-order valence-corrected chi connectivity index (χ2v) is 2.24. The van der Waals surface area contributed by atoms with E-state index in [9.17, 15) is 0 Å². The third-order valence-corrected chi connectivity index (χ3v) is 1.58. The van der Waals surface area contributed by atoms with Gasteiger partial charge in [0, 0.05) is 11.4 Å². The third kappa shape index (κ3) is 1.52. The van der Waals surface area contributed by atoms with E-state index in [1.165, 1.54) is 0 Å². The van der Waals surface area contributed by atoms with Gasteiger partial charge in [-0.15, -0.1) is 18.0 Å². The monoisotopic (exact) mass is 150 g/mol. The van der Waals surface area contributed by atoms with Crippen molar-refractivity contribution < 1.29 is 0 Å². The molecule has 0 saturated heterocycles. The fourth-order valence-corrected chi connectivity index (χ4v) is 0.868. The Balaban J connectivity index is 2.93. The summed E-state index contributed by atoms with van der Waals surface area (Å²) in [5.74, 6) is 3.08. The molecule has 0 aromatic heterocycles. The van der Waals surface area contributed by atoms with Crippen LogP contribution in [-0.2, 0) is 5.88 Å². The van der Waals surface area contributed by atoms with E-state index in [4.69, 9.17) is 18.0 Å². The van der Waals surface area contributed by atoms with Gasteiger partial charge in [-0.3, -0.25) is 0 Å². The van der Waals surface area contributed by atoms with E-state index >= 15 is 0 Å². The highest BCUT2D eigenvalue weighted by Gasteiger charge is 1.88. The molecule has 0 amide bonds. The molecule has 0 aliphatic carbocycles. The van der Waals surface area contributed by atoms with Crippen molar-refractivity contribution in [3.63, 3.8) is 0 Å². The number of terminal acetylenes is 1. The van der Waals surface area contributed by atoms with Crippen LogP contribution in [0.2, 0.25) is 0 Å². The standard InChI is InChI=1S/C9H7Cl/c1-2-8-3-5-9(7-10)6-4-8/h1,3-6H,7H2. The molecule has 0 fully saturated rings. The molecule has 0 aliphatic heterocycles. The Hall–Kier alpha value is -0.930. The van der Waals surface area contributed by atoms with E-state index in [1.807, 2.05) is 24.3 Å². The van der Waals surface area contributed by atoms with Gasteiger partial charge in [-0.1, -0.05) is 18.1 Å². The SMILES string of the molecule is C#Cc1ccc(CCl)cc1. The highest BCUT2D eigenvalue weighted by atomic mass is 35.5. The van der Waals surface area contributed by atoms with Crippen LogP contribution in [0.1, 0.15) is 11.1 Å². The van der Waals surface area contributed by atoms with Crippen LogP contribution in [0.4, 0.5) is 0 Å². The van der Waals surface area contributed by atoms with E-state index in [2.05, 4.69) is 5.92 Å². The van der Waals surface area contributed by atoms with Gasteiger partial charge in [0.25, 0.3) is 0 Å². The molecule has 0 N–H and O–H groups in total. The lowest BCUT2D eigenvalue weighted by molar-refractivity contribution is 1.40. The molecule has 1 heteroatoms. The van der Waals surface area contributed by atoms with Gasteiger partial charge in [0.05, 0.1) is 0 Å². The fourth-order valence-electron chi connectivity index (χ4n) is 0.690. The Bertz CT molecular complexity index is 240. The number of benzene rings is 1. The molecule has 10 heavy (non-hydrogen) atoms. The first-order chi connectivity index (χ1) is 4.86. The van der Waals surface area contributed by atoms with Gasteiger partial charge < -0.3 is 0 Å². The Morgan fingerprint density at radius 3 is 2.30 bits per heavy atom. The van der Waals surface area contributed by atoms with Gasteiger partial charge in [-0.25, -0.2) is 0 Å². The second kappa shape index (κ2) is 3.29. The minimum atomic E-state index is 0.546. The number of rotatable bonds is 1. The summed E-state index contributed by atoms with van der Waals surface area (Å²) >= 11 is 5.57. The summed E-state index contributed by atoms with van der Waals surface area (Å²) in [5.41, 5.74) is 1.99. The van der Waals surface area contributed by atoms with Gasteiger partial charge in [0.2, 0.25) is 0 Å². The lowest BCUT2D eigenvalue weighted by Gasteiger charge is -1.92. The molecule has 0 unspecified atom stereocenters. The maximum Gasteiger partial charge on any atom is 0.0474 e.